The maximum absolute atomic E-state index is 12.2. The van der Waals surface area contributed by atoms with Crippen molar-refractivity contribution in [3.8, 4) is 0 Å². The van der Waals surface area contributed by atoms with Crippen molar-refractivity contribution in [2.75, 3.05) is 6.54 Å². The van der Waals surface area contributed by atoms with E-state index in [1.165, 1.54) is 35.4 Å². The number of carbonyl (C=O) groups excluding carboxylic acids is 1. The van der Waals surface area contributed by atoms with Crippen LogP contribution in [0.1, 0.15) is 61.9 Å². The van der Waals surface area contributed by atoms with E-state index in [-0.39, 0.29) is 12.1 Å². The number of aryl methyl sites for hydroxylation is 1. The lowest BCUT2D eigenvalue weighted by Crippen LogP contribution is -2.37. The number of hydrogen-bond acceptors (Lipinski definition) is 3. The Morgan fingerprint density at radius 3 is 2.85 bits per heavy atom. The molecular weight excluding hydrogens is 268 g/mol. The molecule has 20 heavy (non-hydrogen) atoms. The monoisotopic (exact) mass is 294 g/mol. The van der Waals surface area contributed by atoms with E-state index in [2.05, 4.69) is 43.1 Å². The largest absolute Gasteiger partial charge is 0.318 e. The highest BCUT2D eigenvalue weighted by atomic mass is 32.1. The van der Waals surface area contributed by atoms with Crippen LogP contribution < -0.4 is 5.32 Å². The highest BCUT2D eigenvalue weighted by Gasteiger charge is 2.35. The zero-order chi connectivity index (χ0) is 14.5. The number of rotatable bonds is 7. The Hall–Kier alpha value is -0.870. The standard InChI is InChI=1S/C16H26N2OS/c1-4-5-6-7-8-12(2)18-15(19)11-17-16(18)14-10-9-13(3)20-14/h9-10,12,16-17H,4-8,11H2,1-3H3. The van der Waals surface area contributed by atoms with Gasteiger partial charge >= 0.3 is 0 Å². The molecule has 1 aromatic heterocycles. The molecule has 2 rings (SSSR count). The Balaban J connectivity index is 1.97. The molecule has 112 valence electrons. The SMILES string of the molecule is CCCCCCC(C)N1C(=O)CNC1c1ccc(C)s1. The minimum atomic E-state index is 0.0855. The van der Waals surface area contributed by atoms with Gasteiger partial charge in [0.05, 0.1) is 6.54 Å². The molecule has 1 N–H and O–H groups in total. The molecule has 0 aliphatic carbocycles. The van der Waals surface area contributed by atoms with Crippen molar-refractivity contribution < 1.29 is 4.79 Å². The maximum atomic E-state index is 12.2. The number of nitrogens with zero attached hydrogens (tertiary/aromatic N) is 1. The van der Waals surface area contributed by atoms with Gasteiger partial charge in [-0.1, -0.05) is 32.6 Å². The molecule has 2 atom stereocenters. The van der Waals surface area contributed by atoms with E-state index in [9.17, 15) is 4.79 Å². The van der Waals surface area contributed by atoms with E-state index < -0.39 is 0 Å². The lowest BCUT2D eigenvalue weighted by atomic mass is 10.1. The Kier molecular flexibility index (Phi) is 5.61. The highest BCUT2D eigenvalue weighted by molar-refractivity contribution is 7.12. The van der Waals surface area contributed by atoms with E-state index in [4.69, 9.17) is 0 Å². The van der Waals surface area contributed by atoms with Gasteiger partial charge < -0.3 is 4.90 Å². The third kappa shape index (κ3) is 3.61. The van der Waals surface area contributed by atoms with Gasteiger partial charge in [-0.15, -0.1) is 11.3 Å². The molecule has 1 aliphatic heterocycles. The van der Waals surface area contributed by atoms with Gasteiger partial charge in [0, 0.05) is 15.8 Å². The zero-order valence-corrected chi connectivity index (χ0v) is 13.6. The molecule has 0 radical (unpaired) electrons. The second kappa shape index (κ2) is 7.23. The van der Waals surface area contributed by atoms with E-state index >= 15 is 0 Å². The fraction of sp³-hybridized carbons (Fsp3) is 0.688. The molecule has 4 heteroatoms. The molecule has 0 saturated carbocycles. The van der Waals surface area contributed by atoms with Crippen molar-refractivity contribution in [1.82, 2.24) is 10.2 Å². The summed E-state index contributed by atoms with van der Waals surface area (Å²) in [6.45, 7) is 7.00. The average Bonchev–Trinajstić information content (AvgIpc) is 3.00. The third-order valence-corrected chi connectivity index (χ3v) is 5.05. The fourth-order valence-corrected chi connectivity index (χ4v) is 3.81. The summed E-state index contributed by atoms with van der Waals surface area (Å²) < 4.78 is 0. The molecule has 2 heterocycles. The quantitative estimate of drug-likeness (QED) is 0.775. The van der Waals surface area contributed by atoms with Crippen LogP contribution in [0, 0.1) is 6.92 Å². The first kappa shape index (κ1) is 15.5. The van der Waals surface area contributed by atoms with Crippen molar-refractivity contribution in [1.29, 1.82) is 0 Å². The minimum absolute atomic E-state index is 0.0855. The Labute approximate surface area is 126 Å². The van der Waals surface area contributed by atoms with Gasteiger partial charge in [0.2, 0.25) is 5.91 Å². The Morgan fingerprint density at radius 1 is 1.40 bits per heavy atom. The van der Waals surface area contributed by atoms with Crippen molar-refractivity contribution in [2.24, 2.45) is 0 Å². The molecule has 0 bridgehead atoms. The van der Waals surface area contributed by atoms with E-state index in [0.717, 1.165) is 6.42 Å². The lowest BCUT2D eigenvalue weighted by molar-refractivity contribution is -0.130. The van der Waals surface area contributed by atoms with Crippen LogP contribution in [0.3, 0.4) is 0 Å². The van der Waals surface area contributed by atoms with Crippen LogP contribution in [0.25, 0.3) is 0 Å². The summed E-state index contributed by atoms with van der Waals surface area (Å²) in [6.07, 6.45) is 6.24. The fourth-order valence-electron chi connectivity index (χ4n) is 2.86. The van der Waals surface area contributed by atoms with Crippen LogP contribution in [-0.2, 0) is 4.79 Å². The first-order valence-electron chi connectivity index (χ1n) is 7.74. The van der Waals surface area contributed by atoms with Crippen LogP contribution in [0.4, 0.5) is 0 Å². The first-order valence-corrected chi connectivity index (χ1v) is 8.56. The summed E-state index contributed by atoms with van der Waals surface area (Å²) in [7, 11) is 0. The predicted octanol–water partition coefficient (Wildman–Crippen LogP) is 3.85. The summed E-state index contributed by atoms with van der Waals surface area (Å²) in [5.74, 6) is 0.240. The zero-order valence-electron chi connectivity index (χ0n) is 12.8. The number of unbranched alkanes of at least 4 members (excludes halogenated alkanes) is 3. The molecule has 0 spiro atoms. The molecule has 1 amide bonds. The molecule has 1 saturated heterocycles. The van der Waals surface area contributed by atoms with Gasteiger partial charge in [-0.25, -0.2) is 0 Å². The smallest absolute Gasteiger partial charge is 0.238 e. The normalized spacial score (nSPS) is 20.6. The van der Waals surface area contributed by atoms with Crippen molar-refractivity contribution >= 4 is 17.2 Å². The molecule has 1 fully saturated rings. The van der Waals surface area contributed by atoms with Gasteiger partial charge in [-0.3, -0.25) is 10.1 Å². The van der Waals surface area contributed by atoms with Crippen molar-refractivity contribution in [2.45, 2.75) is 65.1 Å². The number of hydrogen-bond donors (Lipinski definition) is 1. The molecule has 1 aliphatic rings. The van der Waals surface area contributed by atoms with Gasteiger partial charge in [-0.2, -0.15) is 0 Å². The summed E-state index contributed by atoms with van der Waals surface area (Å²) in [5, 5.41) is 3.36. The first-order chi connectivity index (χ1) is 9.63. The van der Waals surface area contributed by atoms with Crippen LogP contribution in [0.5, 0.6) is 0 Å². The van der Waals surface area contributed by atoms with Crippen LogP contribution in [0.2, 0.25) is 0 Å². The van der Waals surface area contributed by atoms with Gasteiger partial charge in [0.25, 0.3) is 0 Å². The summed E-state index contributed by atoms with van der Waals surface area (Å²) in [5.41, 5.74) is 0. The second-order valence-electron chi connectivity index (χ2n) is 5.73. The topological polar surface area (TPSA) is 32.3 Å². The van der Waals surface area contributed by atoms with Gasteiger partial charge in [0.1, 0.15) is 6.17 Å². The molecule has 0 aromatic carbocycles. The van der Waals surface area contributed by atoms with E-state index in [1.807, 2.05) is 0 Å². The molecule has 1 aromatic rings. The molecule has 2 unspecified atom stereocenters. The van der Waals surface area contributed by atoms with Crippen LogP contribution >= 0.6 is 11.3 Å². The van der Waals surface area contributed by atoms with Crippen LogP contribution in [0.15, 0.2) is 12.1 Å². The Morgan fingerprint density at radius 2 is 2.20 bits per heavy atom. The predicted molar refractivity (Wildman–Crippen MR) is 84.9 cm³/mol. The Bertz CT molecular complexity index is 443. The average molecular weight is 294 g/mol. The van der Waals surface area contributed by atoms with Gasteiger partial charge in [0.15, 0.2) is 0 Å². The van der Waals surface area contributed by atoms with Crippen molar-refractivity contribution in [3.63, 3.8) is 0 Å². The minimum Gasteiger partial charge on any atom is -0.318 e. The van der Waals surface area contributed by atoms with Crippen LogP contribution in [-0.4, -0.2) is 23.4 Å². The number of nitrogens with one attached hydrogen (secondary N) is 1. The van der Waals surface area contributed by atoms with Gasteiger partial charge in [-0.05, 0) is 32.4 Å². The van der Waals surface area contributed by atoms with Crippen molar-refractivity contribution in [3.05, 3.63) is 21.9 Å². The molecular formula is C16H26N2OS. The maximum Gasteiger partial charge on any atom is 0.238 e. The highest BCUT2D eigenvalue weighted by Crippen LogP contribution is 2.31. The summed E-state index contributed by atoms with van der Waals surface area (Å²) >= 11 is 1.78. The number of amides is 1. The van der Waals surface area contributed by atoms with E-state index in [1.54, 1.807) is 11.3 Å². The summed E-state index contributed by atoms with van der Waals surface area (Å²) in [4.78, 5) is 16.8. The number of thiophene rings is 1. The lowest BCUT2D eigenvalue weighted by Gasteiger charge is -2.30. The van der Waals surface area contributed by atoms with E-state index in [0.29, 0.717) is 12.6 Å². The third-order valence-electron chi connectivity index (χ3n) is 3.99. The second-order valence-corrected chi connectivity index (χ2v) is 7.05. The molecule has 3 nitrogen and oxygen atoms in total. The summed E-state index contributed by atoms with van der Waals surface area (Å²) in [6, 6.07) is 4.60. The number of carbonyl (C=O) groups is 1.